The Morgan fingerprint density at radius 2 is 1.95 bits per heavy atom. The van der Waals surface area contributed by atoms with Crippen LogP contribution in [-0.2, 0) is 0 Å². The van der Waals surface area contributed by atoms with E-state index < -0.39 is 0 Å². The molecule has 2 saturated carbocycles. The highest BCUT2D eigenvalue weighted by Crippen LogP contribution is 2.45. The first kappa shape index (κ1) is 14.2. The van der Waals surface area contributed by atoms with E-state index >= 15 is 0 Å². The lowest BCUT2D eigenvalue weighted by molar-refractivity contribution is -0.0160. The number of nitrogens with zero attached hydrogens (tertiary/aromatic N) is 1. The van der Waals surface area contributed by atoms with Gasteiger partial charge in [0.25, 0.3) is 0 Å². The maximum absolute atomic E-state index is 3.98. The van der Waals surface area contributed by atoms with E-state index in [1.54, 1.807) is 0 Å². The second kappa shape index (κ2) is 5.57. The van der Waals surface area contributed by atoms with Gasteiger partial charge in [-0.3, -0.25) is 4.90 Å². The molecule has 1 saturated heterocycles. The molecule has 0 amide bonds. The second-order valence-electron chi connectivity index (χ2n) is 7.24. The highest BCUT2D eigenvalue weighted by Gasteiger charge is 2.50. The van der Waals surface area contributed by atoms with Crippen molar-refractivity contribution in [2.45, 2.75) is 62.9 Å². The van der Waals surface area contributed by atoms with Gasteiger partial charge in [-0.05, 0) is 44.8 Å². The highest BCUT2D eigenvalue weighted by atomic mass is 32.2. The monoisotopic (exact) mass is 282 g/mol. The van der Waals surface area contributed by atoms with Crippen LogP contribution in [0, 0.1) is 5.92 Å². The Labute approximate surface area is 123 Å². The van der Waals surface area contributed by atoms with Gasteiger partial charge >= 0.3 is 0 Å². The number of nitrogens with one attached hydrogen (secondary N) is 1. The zero-order valence-corrected chi connectivity index (χ0v) is 13.5. The van der Waals surface area contributed by atoms with Crippen LogP contribution in [0.4, 0.5) is 0 Å². The Hall–Kier alpha value is 0.270. The maximum Gasteiger partial charge on any atom is 0.0335 e. The van der Waals surface area contributed by atoms with Gasteiger partial charge in [0, 0.05) is 36.5 Å². The van der Waals surface area contributed by atoms with Crippen molar-refractivity contribution in [1.29, 1.82) is 0 Å². The molecular weight excluding hydrogens is 252 g/mol. The van der Waals surface area contributed by atoms with Gasteiger partial charge in [0.15, 0.2) is 0 Å². The van der Waals surface area contributed by atoms with E-state index in [4.69, 9.17) is 0 Å². The van der Waals surface area contributed by atoms with Crippen LogP contribution in [-0.4, -0.2) is 47.6 Å². The van der Waals surface area contributed by atoms with Crippen LogP contribution in [0.15, 0.2) is 0 Å². The molecule has 0 radical (unpaired) electrons. The minimum atomic E-state index is 0.404. The van der Waals surface area contributed by atoms with Crippen LogP contribution in [0.1, 0.15) is 51.9 Å². The summed E-state index contributed by atoms with van der Waals surface area (Å²) in [4.78, 5) is 2.89. The molecule has 110 valence electrons. The molecule has 1 atom stereocenters. The Kier molecular flexibility index (Phi) is 4.17. The second-order valence-corrected chi connectivity index (χ2v) is 8.23. The number of piperazine rings is 1. The van der Waals surface area contributed by atoms with Gasteiger partial charge in [0.2, 0.25) is 0 Å². The third-order valence-corrected chi connectivity index (χ3v) is 6.43. The molecule has 1 unspecified atom stereocenters. The first-order chi connectivity index (χ1) is 9.19. The Bertz CT molecular complexity index is 310. The number of hydrogen-bond donors (Lipinski definition) is 1. The van der Waals surface area contributed by atoms with Crippen molar-refractivity contribution in [2.24, 2.45) is 5.92 Å². The third kappa shape index (κ3) is 2.84. The fourth-order valence-corrected chi connectivity index (χ4v) is 4.72. The first-order valence-electron chi connectivity index (χ1n) is 8.18. The van der Waals surface area contributed by atoms with E-state index in [0.29, 0.717) is 11.1 Å². The van der Waals surface area contributed by atoms with E-state index in [9.17, 15) is 0 Å². The predicted octanol–water partition coefficient (Wildman–Crippen LogP) is 3.13. The van der Waals surface area contributed by atoms with Crippen LogP contribution in [0.3, 0.4) is 0 Å². The van der Waals surface area contributed by atoms with Crippen molar-refractivity contribution in [3.8, 4) is 0 Å². The van der Waals surface area contributed by atoms with Crippen molar-refractivity contribution >= 4 is 11.8 Å². The average Bonchev–Trinajstić information content (AvgIpc) is 3.26. The third-order valence-electron chi connectivity index (χ3n) is 5.84. The van der Waals surface area contributed by atoms with Gasteiger partial charge in [-0.1, -0.05) is 19.3 Å². The zero-order chi connectivity index (χ0) is 13.3. The van der Waals surface area contributed by atoms with Crippen molar-refractivity contribution < 1.29 is 0 Å². The van der Waals surface area contributed by atoms with Crippen molar-refractivity contribution in [3.63, 3.8) is 0 Å². The predicted molar refractivity (Wildman–Crippen MR) is 84.9 cm³/mol. The molecule has 1 aliphatic heterocycles. The molecule has 3 fully saturated rings. The molecule has 19 heavy (non-hydrogen) atoms. The van der Waals surface area contributed by atoms with Gasteiger partial charge in [0.05, 0.1) is 0 Å². The summed E-state index contributed by atoms with van der Waals surface area (Å²) in [6.45, 7) is 6.31. The van der Waals surface area contributed by atoms with Crippen LogP contribution in [0.2, 0.25) is 0 Å². The molecule has 2 aliphatic carbocycles. The quantitative estimate of drug-likeness (QED) is 0.853. The highest BCUT2D eigenvalue weighted by molar-refractivity contribution is 7.98. The first-order valence-corrected chi connectivity index (χ1v) is 9.57. The number of thioether (sulfide) groups is 1. The lowest BCUT2D eigenvalue weighted by Gasteiger charge is -2.55. The largest absolute Gasteiger partial charge is 0.308 e. The van der Waals surface area contributed by atoms with Crippen LogP contribution in [0.5, 0.6) is 0 Å². The van der Waals surface area contributed by atoms with Gasteiger partial charge < -0.3 is 5.32 Å². The summed E-state index contributed by atoms with van der Waals surface area (Å²) in [5.74, 6) is 2.24. The fraction of sp³-hybridized carbons (Fsp3) is 1.00. The lowest BCUT2D eigenvalue weighted by Crippen LogP contribution is -2.70. The van der Waals surface area contributed by atoms with E-state index in [-0.39, 0.29) is 0 Å². The number of rotatable bonds is 4. The molecule has 0 aromatic heterocycles. The van der Waals surface area contributed by atoms with Crippen LogP contribution >= 0.6 is 11.8 Å². The van der Waals surface area contributed by atoms with Crippen molar-refractivity contribution in [1.82, 2.24) is 10.2 Å². The zero-order valence-electron chi connectivity index (χ0n) is 12.7. The Morgan fingerprint density at radius 3 is 2.58 bits per heavy atom. The summed E-state index contributed by atoms with van der Waals surface area (Å²) in [6.07, 6.45) is 12.3. The molecule has 0 aromatic carbocycles. The molecule has 0 bridgehead atoms. The smallest absolute Gasteiger partial charge is 0.0335 e. The molecule has 1 N–H and O–H groups in total. The van der Waals surface area contributed by atoms with Gasteiger partial charge in [-0.15, -0.1) is 0 Å². The van der Waals surface area contributed by atoms with Crippen molar-refractivity contribution in [3.05, 3.63) is 0 Å². The van der Waals surface area contributed by atoms with Gasteiger partial charge in [0.1, 0.15) is 0 Å². The summed E-state index contributed by atoms with van der Waals surface area (Å²) in [5, 5.41) is 3.98. The summed E-state index contributed by atoms with van der Waals surface area (Å²) >= 11 is 2.00. The van der Waals surface area contributed by atoms with Gasteiger partial charge in [-0.2, -0.15) is 11.8 Å². The summed E-state index contributed by atoms with van der Waals surface area (Å²) in [7, 11) is 0. The molecule has 1 heterocycles. The molecule has 3 rings (SSSR count). The van der Waals surface area contributed by atoms with Crippen LogP contribution < -0.4 is 5.32 Å². The van der Waals surface area contributed by atoms with Crippen LogP contribution in [0.25, 0.3) is 0 Å². The molecule has 2 nitrogen and oxygen atoms in total. The average molecular weight is 282 g/mol. The molecular formula is C16H30N2S. The maximum atomic E-state index is 3.98. The minimum Gasteiger partial charge on any atom is -0.308 e. The Balaban J connectivity index is 1.72. The topological polar surface area (TPSA) is 15.3 Å². The number of hydrogen-bond acceptors (Lipinski definition) is 3. The minimum absolute atomic E-state index is 0.404. The van der Waals surface area contributed by atoms with E-state index in [2.05, 4.69) is 23.4 Å². The van der Waals surface area contributed by atoms with Crippen molar-refractivity contribution in [2.75, 3.05) is 31.6 Å². The van der Waals surface area contributed by atoms with E-state index in [0.717, 1.165) is 5.92 Å². The fourth-order valence-electron chi connectivity index (χ4n) is 4.31. The SMILES string of the molecule is CSCCN1CC(C)(C2CC2)NCC12CCCCC2. The normalized spacial score (nSPS) is 35.7. The Morgan fingerprint density at radius 1 is 1.21 bits per heavy atom. The molecule has 0 aromatic rings. The van der Waals surface area contributed by atoms with Gasteiger partial charge in [-0.25, -0.2) is 0 Å². The molecule has 3 heteroatoms. The molecule has 3 aliphatic rings. The summed E-state index contributed by atoms with van der Waals surface area (Å²) < 4.78 is 0. The lowest BCUT2D eigenvalue weighted by atomic mass is 9.76. The van der Waals surface area contributed by atoms with E-state index in [1.807, 2.05) is 11.8 Å². The standard InChI is InChI=1S/C16H30N2S/c1-15(14-6-7-14)13-18(10-11-19-2)16(12-17-15)8-4-3-5-9-16/h14,17H,3-13H2,1-2H3. The van der Waals surface area contributed by atoms with E-state index in [1.165, 1.54) is 70.3 Å². The molecule has 1 spiro atoms. The summed E-state index contributed by atoms with van der Waals surface area (Å²) in [5.41, 5.74) is 0.906. The summed E-state index contributed by atoms with van der Waals surface area (Å²) in [6, 6.07) is 0.